The predicted molar refractivity (Wildman–Crippen MR) is 104 cm³/mol. The molecule has 0 atom stereocenters. The third kappa shape index (κ3) is 5.28. The Kier molecular flexibility index (Phi) is 7.09. The zero-order valence-corrected chi connectivity index (χ0v) is 15.7. The summed E-state index contributed by atoms with van der Waals surface area (Å²) in [7, 11) is 3.16. The van der Waals surface area contributed by atoms with Gasteiger partial charge in [0.25, 0.3) is 0 Å². The smallest absolute Gasteiger partial charge is 0.248 e. The first-order chi connectivity index (χ1) is 12.6. The Bertz CT molecular complexity index is 784. The van der Waals surface area contributed by atoms with Gasteiger partial charge in [0, 0.05) is 11.8 Å². The Hall–Kier alpha value is -2.95. The van der Waals surface area contributed by atoms with Crippen LogP contribution in [-0.2, 0) is 4.79 Å². The van der Waals surface area contributed by atoms with E-state index >= 15 is 0 Å². The highest BCUT2D eigenvalue weighted by molar-refractivity contribution is 6.02. The lowest BCUT2D eigenvalue weighted by molar-refractivity contribution is -0.111. The molecule has 0 aliphatic heterocycles. The van der Waals surface area contributed by atoms with Gasteiger partial charge in [-0.05, 0) is 60.9 Å². The summed E-state index contributed by atoms with van der Waals surface area (Å²) in [5, 5.41) is 2.88. The van der Waals surface area contributed by atoms with E-state index in [2.05, 4.69) is 12.2 Å². The highest BCUT2D eigenvalue weighted by Crippen LogP contribution is 2.28. The number of amides is 1. The zero-order valence-electron chi connectivity index (χ0n) is 15.7. The maximum absolute atomic E-state index is 12.2. The summed E-state index contributed by atoms with van der Waals surface area (Å²) in [6.07, 6.45) is 4.17. The second-order valence-corrected chi connectivity index (χ2v) is 5.76. The normalized spacial score (nSPS) is 10.6. The molecule has 5 heteroatoms. The highest BCUT2D eigenvalue weighted by atomic mass is 16.5. The number of ether oxygens (including phenoxy) is 3. The molecule has 0 radical (unpaired) electrons. The molecule has 0 fully saturated rings. The predicted octanol–water partition coefficient (Wildman–Crippen LogP) is 4.45. The number of hydrogen-bond acceptors (Lipinski definition) is 4. The van der Waals surface area contributed by atoms with Gasteiger partial charge in [-0.25, -0.2) is 0 Å². The number of aryl methyl sites for hydroxylation is 1. The van der Waals surface area contributed by atoms with Crippen LogP contribution in [-0.4, -0.2) is 26.7 Å². The van der Waals surface area contributed by atoms with Gasteiger partial charge in [0.2, 0.25) is 5.91 Å². The Morgan fingerprint density at radius 3 is 2.50 bits per heavy atom. The van der Waals surface area contributed by atoms with Crippen LogP contribution in [0, 0.1) is 6.92 Å². The number of benzene rings is 2. The van der Waals surface area contributed by atoms with E-state index in [4.69, 9.17) is 14.2 Å². The Morgan fingerprint density at radius 1 is 1.08 bits per heavy atom. The van der Waals surface area contributed by atoms with Crippen molar-refractivity contribution in [1.82, 2.24) is 0 Å². The standard InChI is InChI=1S/C21H25NO4/c1-5-12-26-17-8-9-18(15(2)13-17)22-21(23)11-7-16-6-10-19(24-3)20(14-16)25-4/h6-11,13-14H,5,12H2,1-4H3,(H,22,23). The molecule has 138 valence electrons. The van der Waals surface area contributed by atoms with E-state index in [0.29, 0.717) is 18.1 Å². The van der Waals surface area contributed by atoms with Crippen molar-refractivity contribution in [2.24, 2.45) is 0 Å². The van der Waals surface area contributed by atoms with Crippen molar-refractivity contribution in [3.8, 4) is 17.2 Å². The minimum atomic E-state index is -0.204. The largest absolute Gasteiger partial charge is 0.494 e. The Morgan fingerprint density at radius 2 is 1.85 bits per heavy atom. The molecule has 0 saturated carbocycles. The minimum Gasteiger partial charge on any atom is -0.494 e. The van der Waals surface area contributed by atoms with Gasteiger partial charge in [-0.15, -0.1) is 0 Å². The number of carbonyl (C=O) groups is 1. The Balaban J connectivity index is 2.03. The molecule has 0 bridgehead atoms. The summed E-state index contributed by atoms with van der Waals surface area (Å²) >= 11 is 0. The van der Waals surface area contributed by atoms with Gasteiger partial charge in [-0.2, -0.15) is 0 Å². The second-order valence-electron chi connectivity index (χ2n) is 5.76. The molecule has 0 unspecified atom stereocenters. The van der Waals surface area contributed by atoms with Crippen molar-refractivity contribution in [1.29, 1.82) is 0 Å². The van der Waals surface area contributed by atoms with Crippen molar-refractivity contribution >= 4 is 17.7 Å². The van der Waals surface area contributed by atoms with Crippen LogP contribution in [0.15, 0.2) is 42.5 Å². The molecular formula is C21H25NO4. The summed E-state index contributed by atoms with van der Waals surface area (Å²) in [6, 6.07) is 11.1. The van der Waals surface area contributed by atoms with Gasteiger partial charge in [-0.1, -0.05) is 13.0 Å². The van der Waals surface area contributed by atoms with Crippen LogP contribution < -0.4 is 19.5 Å². The topological polar surface area (TPSA) is 56.8 Å². The first kappa shape index (κ1) is 19.4. The monoisotopic (exact) mass is 355 g/mol. The fourth-order valence-electron chi connectivity index (χ4n) is 2.39. The molecule has 1 amide bonds. The molecule has 2 aromatic rings. The molecule has 1 N–H and O–H groups in total. The molecule has 26 heavy (non-hydrogen) atoms. The van der Waals surface area contributed by atoms with Gasteiger partial charge < -0.3 is 19.5 Å². The van der Waals surface area contributed by atoms with Gasteiger partial charge in [0.05, 0.1) is 20.8 Å². The number of hydrogen-bond donors (Lipinski definition) is 1. The maximum atomic E-state index is 12.2. The third-order valence-corrected chi connectivity index (χ3v) is 3.76. The Labute approximate surface area is 154 Å². The number of anilines is 1. The summed E-state index contributed by atoms with van der Waals surface area (Å²) in [5.41, 5.74) is 2.56. The van der Waals surface area contributed by atoms with E-state index in [1.165, 1.54) is 6.08 Å². The molecule has 0 spiro atoms. The fourth-order valence-corrected chi connectivity index (χ4v) is 2.39. The lowest BCUT2D eigenvalue weighted by atomic mass is 10.1. The van der Waals surface area contributed by atoms with E-state index in [0.717, 1.165) is 29.0 Å². The van der Waals surface area contributed by atoms with Gasteiger partial charge >= 0.3 is 0 Å². The minimum absolute atomic E-state index is 0.204. The molecular weight excluding hydrogens is 330 g/mol. The number of methoxy groups -OCH3 is 2. The van der Waals surface area contributed by atoms with Crippen molar-refractivity contribution in [3.05, 3.63) is 53.6 Å². The molecule has 0 saturated heterocycles. The molecule has 0 aliphatic rings. The van der Waals surface area contributed by atoms with Crippen LogP contribution in [0.4, 0.5) is 5.69 Å². The lowest BCUT2D eigenvalue weighted by Gasteiger charge is -2.10. The lowest BCUT2D eigenvalue weighted by Crippen LogP contribution is -2.09. The average Bonchev–Trinajstić information content (AvgIpc) is 2.66. The maximum Gasteiger partial charge on any atom is 0.248 e. The molecule has 0 aromatic heterocycles. The number of rotatable bonds is 8. The third-order valence-electron chi connectivity index (χ3n) is 3.76. The first-order valence-electron chi connectivity index (χ1n) is 8.52. The van der Waals surface area contributed by atoms with E-state index in [9.17, 15) is 4.79 Å². The van der Waals surface area contributed by atoms with Gasteiger partial charge in [0.15, 0.2) is 11.5 Å². The van der Waals surface area contributed by atoms with Crippen LogP contribution in [0.1, 0.15) is 24.5 Å². The van der Waals surface area contributed by atoms with Gasteiger partial charge in [0.1, 0.15) is 5.75 Å². The first-order valence-corrected chi connectivity index (χ1v) is 8.52. The van der Waals surface area contributed by atoms with Crippen molar-refractivity contribution < 1.29 is 19.0 Å². The summed E-state index contributed by atoms with van der Waals surface area (Å²) < 4.78 is 16.1. The zero-order chi connectivity index (χ0) is 18.9. The summed E-state index contributed by atoms with van der Waals surface area (Å²) in [6.45, 7) is 4.68. The molecule has 2 aromatic carbocycles. The summed E-state index contributed by atoms with van der Waals surface area (Å²) in [5.74, 6) is 1.87. The summed E-state index contributed by atoms with van der Waals surface area (Å²) in [4.78, 5) is 12.2. The second kappa shape index (κ2) is 9.51. The van der Waals surface area contributed by atoms with E-state index in [1.54, 1.807) is 26.4 Å². The molecule has 5 nitrogen and oxygen atoms in total. The van der Waals surface area contributed by atoms with E-state index in [1.807, 2.05) is 37.3 Å². The number of nitrogens with one attached hydrogen (secondary N) is 1. The van der Waals surface area contributed by atoms with Crippen molar-refractivity contribution in [3.63, 3.8) is 0 Å². The average molecular weight is 355 g/mol. The van der Waals surface area contributed by atoms with Crippen LogP contribution in [0.2, 0.25) is 0 Å². The number of carbonyl (C=O) groups excluding carboxylic acids is 1. The van der Waals surface area contributed by atoms with E-state index in [-0.39, 0.29) is 5.91 Å². The van der Waals surface area contributed by atoms with Crippen molar-refractivity contribution in [2.45, 2.75) is 20.3 Å². The van der Waals surface area contributed by atoms with Crippen LogP contribution in [0.5, 0.6) is 17.2 Å². The highest BCUT2D eigenvalue weighted by Gasteiger charge is 2.05. The van der Waals surface area contributed by atoms with E-state index < -0.39 is 0 Å². The quantitative estimate of drug-likeness (QED) is 0.711. The molecule has 2 rings (SSSR count). The fraction of sp³-hybridized carbons (Fsp3) is 0.286. The SMILES string of the molecule is CCCOc1ccc(NC(=O)C=Cc2ccc(OC)c(OC)c2)c(C)c1. The van der Waals surface area contributed by atoms with Crippen LogP contribution in [0.25, 0.3) is 6.08 Å². The van der Waals surface area contributed by atoms with Crippen LogP contribution in [0.3, 0.4) is 0 Å². The van der Waals surface area contributed by atoms with Gasteiger partial charge in [-0.3, -0.25) is 4.79 Å². The molecule has 0 aliphatic carbocycles. The molecule has 0 heterocycles. The van der Waals surface area contributed by atoms with Crippen molar-refractivity contribution in [2.75, 3.05) is 26.1 Å². The van der Waals surface area contributed by atoms with Crippen LogP contribution >= 0.6 is 0 Å².